The molecule has 32 heavy (non-hydrogen) atoms. The smallest absolute Gasteiger partial charge is 0.335 e. The lowest BCUT2D eigenvalue weighted by Crippen LogP contribution is -2.31. The Morgan fingerprint density at radius 1 is 0.719 bits per heavy atom. The summed E-state index contributed by atoms with van der Waals surface area (Å²) in [6.07, 6.45) is 33.8. The average Bonchev–Trinajstić information content (AvgIpc) is 2.73. The van der Waals surface area contributed by atoms with E-state index in [1.54, 1.807) is 6.92 Å². The Morgan fingerprint density at radius 3 is 1.53 bits per heavy atom. The lowest BCUT2D eigenvalue weighted by molar-refractivity contribution is -0.167. The second-order valence-corrected chi connectivity index (χ2v) is 8.60. The molecule has 0 radical (unpaired) electrons. The van der Waals surface area contributed by atoms with Crippen molar-refractivity contribution in [2.75, 3.05) is 6.61 Å². The summed E-state index contributed by atoms with van der Waals surface area (Å²) in [4.78, 5) is 11.8. The Balaban J connectivity index is 3.64. The van der Waals surface area contributed by atoms with E-state index in [0.717, 1.165) is 51.4 Å². The summed E-state index contributed by atoms with van der Waals surface area (Å²) < 4.78 is 10.8. The standard InChI is InChI=1S/C29H46O3/c1-6-7-8-9-10-11-12-13-14-15-16-17-18-19-20-21-22-23-24-25-26-31-27(2)28(30)32-29(3,4)5/h7-8,10-11,13-14,16-17,19-20,22-23,27H,6,9,12,15,18,21,24-26H2,1-5H3. The molecule has 0 N–H and O–H groups in total. The number of allylic oxidation sites excluding steroid dienone is 12. The molecular weight excluding hydrogens is 396 g/mol. The van der Waals surface area contributed by atoms with Crippen LogP contribution < -0.4 is 0 Å². The van der Waals surface area contributed by atoms with Crippen molar-refractivity contribution < 1.29 is 14.3 Å². The van der Waals surface area contributed by atoms with Crippen molar-refractivity contribution in [3.63, 3.8) is 0 Å². The first kappa shape index (κ1) is 29.9. The van der Waals surface area contributed by atoms with Crippen molar-refractivity contribution >= 4 is 5.97 Å². The van der Waals surface area contributed by atoms with E-state index in [2.05, 4.69) is 79.8 Å². The largest absolute Gasteiger partial charge is 0.458 e. The van der Waals surface area contributed by atoms with Crippen LogP contribution in [0.1, 0.15) is 86.0 Å². The van der Waals surface area contributed by atoms with E-state index < -0.39 is 11.7 Å². The van der Waals surface area contributed by atoms with Gasteiger partial charge in [0.1, 0.15) is 5.60 Å². The second kappa shape index (κ2) is 20.8. The van der Waals surface area contributed by atoms with Crippen LogP contribution >= 0.6 is 0 Å². The van der Waals surface area contributed by atoms with Crippen LogP contribution in [-0.2, 0) is 14.3 Å². The summed E-state index contributed by atoms with van der Waals surface area (Å²) in [6, 6.07) is 0. The van der Waals surface area contributed by atoms with Gasteiger partial charge in [0.05, 0.1) is 0 Å². The maximum atomic E-state index is 11.8. The summed E-state index contributed by atoms with van der Waals surface area (Å²) in [6.45, 7) is 10.0. The third-order valence-corrected chi connectivity index (χ3v) is 4.22. The van der Waals surface area contributed by atoms with Gasteiger partial charge in [-0.2, -0.15) is 0 Å². The van der Waals surface area contributed by atoms with Crippen molar-refractivity contribution in [1.29, 1.82) is 0 Å². The van der Waals surface area contributed by atoms with Gasteiger partial charge in [0.2, 0.25) is 0 Å². The van der Waals surface area contributed by atoms with Gasteiger partial charge in [-0.25, -0.2) is 4.79 Å². The number of unbranched alkanes of at least 4 members (excludes halogenated alkanes) is 1. The molecule has 0 aliphatic heterocycles. The van der Waals surface area contributed by atoms with Crippen LogP contribution in [0, 0.1) is 0 Å². The molecule has 0 aromatic carbocycles. The molecule has 0 amide bonds. The van der Waals surface area contributed by atoms with Gasteiger partial charge in [0.15, 0.2) is 6.10 Å². The minimum absolute atomic E-state index is 0.300. The number of carbonyl (C=O) groups excluding carboxylic acids is 1. The minimum atomic E-state index is -0.514. The van der Waals surface area contributed by atoms with Gasteiger partial charge < -0.3 is 9.47 Å². The van der Waals surface area contributed by atoms with Gasteiger partial charge in [-0.3, -0.25) is 0 Å². The lowest BCUT2D eigenvalue weighted by atomic mass is 10.2. The highest BCUT2D eigenvalue weighted by atomic mass is 16.6. The number of carbonyl (C=O) groups is 1. The van der Waals surface area contributed by atoms with Gasteiger partial charge in [-0.15, -0.1) is 0 Å². The van der Waals surface area contributed by atoms with E-state index in [4.69, 9.17) is 9.47 Å². The van der Waals surface area contributed by atoms with Gasteiger partial charge in [-0.1, -0.05) is 79.8 Å². The molecule has 180 valence electrons. The summed E-state index contributed by atoms with van der Waals surface area (Å²) in [5, 5.41) is 0. The maximum Gasteiger partial charge on any atom is 0.335 e. The Bertz CT molecular complexity index is 627. The Labute approximate surface area is 197 Å². The molecule has 0 saturated carbocycles. The summed E-state index contributed by atoms with van der Waals surface area (Å²) in [7, 11) is 0. The molecule has 1 atom stereocenters. The number of esters is 1. The van der Waals surface area contributed by atoms with Crippen LogP contribution in [0.2, 0.25) is 0 Å². The molecule has 0 saturated heterocycles. The van der Waals surface area contributed by atoms with Gasteiger partial charge >= 0.3 is 5.97 Å². The highest BCUT2D eigenvalue weighted by molar-refractivity contribution is 5.74. The van der Waals surface area contributed by atoms with Crippen molar-refractivity contribution in [3.05, 3.63) is 72.9 Å². The molecule has 3 nitrogen and oxygen atoms in total. The summed E-state index contributed by atoms with van der Waals surface area (Å²) >= 11 is 0. The molecule has 0 aromatic heterocycles. The fourth-order valence-electron chi connectivity index (χ4n) is 2.55. The molecule has 0 fully saturated rings. The van der Waals surface area contributed by atoms with Crippen molar-refractivity contribution in [3.8, 4) is 0 Å². The molecule has 3 heteroatoms. The van der Waals surface area contributed by atoms with Gasteiger partial charge in [0, 0.05) is 6.61 Å². The zero-order valence-corrected chi connectivity index (χ0v) is 21.1. The first-order chi connectivity index (χ1) is 15.4. The van der Waals surface area contributed by atoms with Crippen LogP contribution in [0.5, 0.6) is 0 Å². The summed E-state index contributed by atoms with van der Waals surface area (Å²) in [5.74, 6) is -0.300. The fraction of sp³-hybridized carbons (Fsp3) is 0.552. The topological polar surface area (TPSA) is 35.5 Å². The van der Waals surface area contributed by atoms with E-state index >= 15 is 0 Å². The average molecular weight is 443 g/mol. The van der Waals surface area contributed by atoms with E-state index in [-0.39, 0.29) is 5.97 Å². The first-order valence-corrected chi connectivity index (χ1v) is 12.1. The number of hydrogen-bond acceptors (Lipinski definition) is 3. The predicted molar refractivity (Wildman–Crippen MR) is 139 cm³/mol. The highest BCUT2D eigenvalue weighted by Gasteiger charge is 2.21. The summed E-state index contributed by atoms with van der Waals surface area (Å²) in [5.41, 5.74) is -0.471. The lowest BCUT2D eigenvalue weighted by Gasteiger charge is -2.22. The Morgan fingerprint density at radius 2 is 1.12 bits per heavy atom. The van der Waals surface area contributed by atoms with Crippen molar-refractivity contribution in [2.24, 2.45) is 0 Å². The van der Waals surface area contributed by atoms with Crippen molar-refractivity contribution in [1.82, 2.24) is 0 Å². The second-order valence-electron chi connectivity index (χ2n) is 8.60. The van der Waals surface area contributed by atoms with E-state index in [9.17, 15) is 4.79 Å². The molecule has 0 aromatic rings. The van der Waals surface area contributed by atoms with Crippen molar-refractivity contribution in [2.45, 2.75) is 97.7 Å². The Hall–Kier alpha value is -2.13. The third kappa shape index (κ3) is 22.6. The zero-order chi connectivity index (χ0) is 23.9. The van der Waals surface area contributed by atoms with Crippen LogP contribution in [0.15, 0.2) is 72.9 Å². The molecule has 0 heterocycles. The molecule has 0 spiro atoms. The number of rotatable bonds is 17. The van der Waals surface area contributed by atoms with Crippen LogP contribution in [-0.4, -0.2) is 24.3 Å². The fourth-order valence-corrected chi connectivity index (χ4v) is 2.55. The highest BCUT2D eigenvalue weighted by Crippen LogP contribution is 2.10. The molecule has 0 bridgehead atoms. The normalized spacial score (nSPS) is 14.3. The maximum absolute atomic E-state index is 11.8. The predicted octanol–water partition coefficient (Wildman–Crippen LogP) is 8.21. The number of hydrogen-bond donors (Lipinski definition) is 0. The molecule has 0 aliphatic carbocycles. The molecule has 0 aliphatic rings. The minimum Gasteiger partial charge on any atom is -0.458 e. The monoisotopic (exact) mass is 442 g/mol. The molecule has 1 unspecified atom stereocenters. The van der Waals surface area contributed by atoms with Crippen LogP contribution in [0.3, 0.4) is 0 Å². The molecular formula is C29H46O3. The van der Waals surface area contributed by atoms with Gasteiger partial charge in [-0.05, 0) is 79.1 Å². The van der Waals surface area contributed by atoms with E-state index in [0.29, 0.717) is 6.61 Å². The zero-order valence-electron chi connectivity index (χ0n) is 21.1. The van der Waals surface area contributed by atoms with E-state index in [1.165, 1.54) is 0 Å². The van der Waals surface area contributed by atoms with Gasteiger partial charge in [0.25, 0.3) is 0 Å². The third-order valence-electron chi connectivity index (χ3n) is 4.22. The van der Waals surface area contributed by atoms with Crippen LogP contribution in [0.25, 0.3) is 0 Å². The quantitative estimate of drug-likeness (QED) is 0.129. The number of ether oxygens (including phenoxy) is 2. The molecule has 0 rings (SSSR count). The SMILES string of the molecule is CCC=CCC=CCC=CCC=CCC=CCC=CCCCOC(C)C(=O)OC(C)(C)C. The first-order valence-electron chi connectivity index (χ1n) is 12.1. The van der Waals surface area contributed by atoms with Crippen LogP contribution in [0.4, 0.5) is 0 Å². The van der Waals surface area contributed by atoms with E-state index in [1.807, 2.05) is 20.8 Å². The Kier molecular flexibility index (Phi) is 19.4.